The third-order valence-corrected chi connectivity index (χ3v) is 5.68. The molecule has 22 heavy (non-hydrogen) atoms. The highest BCUT2D eigenvalue weighted by molar-refractivity contribution is 7.99. The van der Waals surface area contributed by atoms with Gasteiger partial charge in [0, 0.05) is 37.2 Å². The molecular weight excluding hydrogens is 298 g/mol. The second kappa shape index (κ2) is 7.35. The summed E-state index contributed by atoms with van der Waals surface area (Å²) in [4.78, 5) is 12.0. The van der Waals surface area contributed by atoms with Gasteiger partial charge < -0.3 is 15.2 Å². The Hall–Kier alpha value is -1.24. The zero-order valence-electron chi connectivity index (χ0n) is 13.2. The summed E-state index contributed by atoms with van der Waals surface area (Å²) >= 11 is 2.01. The van der Waals surface area contributed by atoms with E-state index in [0.717, 1.165) is 56.1 Å². The Balaban J connectivity index is 1.36. The van der Waals surface area contributed by atoms with Crippen molar-refractivity contribution >= 4 is 17.8 Å². The van der Waals surface area contributed by atoms with Crippen molar-refractivity contribution in [3.05, 3.63) is 11.6 Å². The summed E-state index contributed by atoms with van der Waals surface area (Å²) in [6.07, 6.45) is 6.35. The van der Waals surface area contributed by atoms with Crippen molar-refractivity contribution in [2.45, 2.75) is 63.3 Å². The van der Waals surface area contributed by atoms with Gasteiger partial charge in [0.05, 0.1) is 0 Å². The van der Waals surface area contributed by atoms with Crippen molar-refractivity contribution in [3.8, 4) is 0 Å². The number of urea groups is 1. The number of carbonyl (C=O) groups excluding carboxylic acids is 1. The first-order valence-electron chi connectivity index (χ1n) is 8.33. The fraction of sp³-hybridized carbons (Fsp3) is 0.800. The number of hydrogen-bond acceptors (Lipinski definition) is 4. The number of hydrogen-bond donors (Lipinski definition) is 2. The van der Waals surface area contributed by atoms with Gasteiger partial charge in [0.1, 0.15) is 11.6 Å². The SMILES string of the molecule is CCS[C@H]1CC[C@@H](NC(=O)NCCc2nnc3n2CCC3)C1. The topological polar surface area (TPSA) is 71.8 Å². The lowest BCUT2D eigenvalue weighted by Crippen LogP contribution is -2.42. The first-order chi connectivity index (χ1) is 10.8. The first kappa shape index (κ1) is 15.6. The molecule has 0 aromatic carbocycles. The molecule has 1 aromatic heterocycles. The van der Waals surface area contributed by atoms with E-state index in [9.17, 15) is 4.79 Å². The third-order valence-electron chi connectivity index (χ3n) is 4.44. The molecular formula is C15H25N5OS. The molecule has 0 spiro atoms. The average Bonchev–Trinajstić information content (AvgIpc) is 3.18. The van der Waals surface area contributed by atoms with Crippen LogP contribution in [0.3, 0.4) is 0 Å². The van der Waals surface area contributed by atoms with E-state index < -0.39 is 0 Å². The van der Waals surface area contributed by atoms with Gasteiger partial charge >= 0.3 is 6.03 Å². The summed E-state index contributed by atoms with van der Waals surface area (Å²) in [7, 11) is 0. The molecule has 7 heteroatoms. The lowest BCUT2D eigenvalue weighted by atomic mass is 10.2. The molecule has 6 nitrogen and oxygen atoms in total. The van der Waals surface area contributed by atoms with Crippen LogP contribution in [0.15, 0.2) is 0 Å². The number of fused-ring (bicyclic) bond motifs is 1. The monoisotopic (exact) mass is 323 g/mol. The maximum Gasteiger partial charge on any atom is 0.315 e. The lowest BCUT2D eigenvalue weighted by molar-refractivity contribution is 0.237. The highest BCUT2D eigenvalue weighted by Gasteiger charge is 2.25. The molecule has 1 aliphatic heterocycles. The van der Waals surface area contributed by atoms with E-state index in [-0.39, 0.29) is 6.03 Å². The molecule has 1 aromatic rings. The van der Waals surface area contributed by atoms with Crippen LogP contribution in [0.1, 0.15) is 44.3 Å². The number of thioether (sulfide) groups is 1. The standard InChI is InChI=1S/C15H25N5OS/c1-2-22-12-6-5-11(10-12)17-15(21)16-8-7-14-19-18-13-4-3-9-20(13)14/h11-12H,2-10H2,1H3,(H2,16,17,21)/t11-,12+/m1/s1. The van der Waals surface area contributed by atoms with Crippen LogP contribution in [0, 0.1) is 0 Å². The van der Waals surface area contributed by atoms with E-state index in [1.54, 1.807) is 0 Å². The molecule has 0 unspecified atom stereocenters. The number of aromatic nitrogens is 3. The number of nitrogens with zero attached hydrogens (tertiary/aromatic N) is 3. The fourth-order valence-corrected chi connectivity index (χ4v) is 4.52. The molecule has 3 rings (SSSR count). The summed E-state index contributed by atoms with van der Waals surface area (Å²) in [6, 6.07) is 0.287. The predicted molar refractivity (Wildman–Crippen MR) is 88.1 cm³/mol. The van der Waals surface area contributed by atoms with Crippen molar-refractivity contribution in [2.24, 2.45) is 0 Å². The molecule has 0 saturated heterocycles. The molecule has 0 radical (unpaired) electrons. The van der Waals surface area contributed by atoms with Gasteiger partial charge in [-0.3, -0.25) is 0 Å². The number of rotatable bonds is 6. The summed E-state index contributed by atoms with van der Waals surface area (Å²) in [6.45, 7) is 3.83. The first-order valence-corrected chi connectivity index (χ1v) is 9.38. The van der Waals surface area contributed by atoms with Crippen LogP contribution in [0.25, 0.3) is 0 Å². The Bertz CT molecular complexity index is 518. The Labute approximate surface area is 135 Å². The van der Waals surface area contributed by atoms with Crippen LogP contribution in [0.4, 0.5) is 4.79 Å². The van der Waals surface area contributed by atoms with E-state index in [2.05, 4.69) is 32.3 Å². The lowest BCUT2D eigenvalue weighted by Gasteiger charge is -2.14. The van der Waals surface area contributed by atoms with Crippen LogP contribution < -0.4 is 10.6 Å². The number of nitrogens with one attached hydrogen (secondary N) is 2. The van der Waals surface area contributed by atoms with Crippen molar-refractivity contribution in [2.75, 3.05) is 12.3 Å². The maximum atomic E-state index is 12.0. The molecule has 2 atom stereocenters. The molecule has 2 amide bonds. The minimum atomic E-state index is -0.0479. The van der Waals surface area contributed by atoms with E-state index in [4.69, 9.17) is 0 Å². The van der Waals surface area contributed by atoms with Gasteiger partial charge in [0.2, 0.25) is 0 Å². The zero-order chi connectivity index (χ0) is 15.4. The molecule has 2 N–H and O–H groups in total. The second-order valence-corrected chi connectivity index (χ2v) is 7.60. The van der Waals surface area contributed by atoms with E-state index in [1.807, 2.05) is 11.8 Å². The summed E-state index contributed by atoms with van der Waals surface area (Å²) in [5.41, 5.74) is 0. The second-order valence-electron chi connectivity index (χ2n) is 6.03. The van der Waals surface area contributed by atoms with Gasteiger partial charge in [-0.2, -0.15) is 11.8 Å². The minimum Gasteiger partial charge on any atom is -0.338 e. The molecule has 0 bridgehead atoms. The fourth-order valence-electron chi connectivity index (χ4n) is 3.38. The number of carbonyl (C=O) groups is 1. The third kappa shape index (κ3) is 3.74. The predicted octanol–water partition coefficient (Wildman–Crippen LogP) is 1.74. The van der Waals surface area contributed by atoms with Gasteiger partial charge in [-0.05, 0) is 31.4 Å². The van der Waals surface area contributed by atoms with Crippen LogP contribution >= 0.6 is 11.8 Å². The smallest absolute Gasteiger partial charge is 0.315 e. The van der Waals surface area contributed by atoms with Crippen LogP contribution in [0.5, 0.6) is 0 Å². The van der Waals surface area contributed by atoms with Crippen molar-refractivity contribution in [1.82, 2.24) is 25.4 Å². The molecule has 2 aliphatic rings. The quantitative estimate of drug-likeness (QED) is 0.836. The van der Waals surface area contributed by atoms with Crippen molar-refractivity contribution in [3.63, 3.8) is 0 Å². The molecule has 1 fully saturated rings. The highest BCUT2D eigenvalue weighted by Crippen LogP contribution is 2.29. The molecule has 122 valence electrons. The van der Waals surface area contributed by atoms with Gasteiger partial charge in [-0.15, -0.1) is 10.2 Å². The largest absolute Gasteiger partial charge is 0.338 e. The van der Waals surface area contributed by atoms with Crippen molar-refractivity contribution < 1.29 is 4.79 Å². The Morgan fingerprint density at radius 2 is 2.32 bits per heavy atom. The summed E-state index contributed by atoms with van der Waals surface area (Å²) in [5.74, 6) is 3.24. The van der Waals surface area contributed by atoms with Crippen molar-refractivity contribution in [1.29, 1.82) is 0 Å². The zero-order valence-corrected chi connectivity index (χ0v) is 14.0. The van der Waals surface area contributed by atoms with Crippen LogP contribution in [0.2, 0.25) is 0 Å². The highest BCUT2D eigenvalue weighted by atomic mass is 32.2. The van der Waals surface area contributed by atoms with Crippen LogP contribution in [-0.4, -0.2) is 44.4 Å². The molecule has 1 saturated carbocycles. The van der Waals surface area contributed by atoms with Gasteiger partial charge in [-0.1, -0.05) is 6.92 Å². The van der Waals surface area contributed by atoms with E-state index in [1.165, 1.54) is 6.42 Å². The van der Waals surface area contributed by atoms with Gasteiger partial charge in [0.15, 0.2) is 0 Å². The minimum absolute atomic E-state index is 0.0479. The molecule has 1 aliphatic carbocycles. The normalized spacial score (nSPS) is 23.5. The van der Waals surface area contributed by atoms with E-state index >= 15 is 0 Å². The van der Waals surface area contributed by atoms with Gasteiger partial charge in [0.25, 0.3) is 0 Å². The van der Waals surface area contributed by atoms with Gasteiger partial charge in [-0.25, -0.2) is 4.79 Å². The molecule has 2 heterocycles. The summed E-state index contributed by atoms with van der Waals surface area (Å²) < 4.78 is 2.18. The van der Waals surface area contributed by atoms with Crippen LogP contribution in [-0.2, 0) is 19.4 Å². The number of amides is 2. The number of aryl methyl sites for hydroxylation is 1. The maximum absolute atomic E-state index is 12.0. The van der Waals surface area contributed by atoms with E-state index in [0.29, 0.717) is 17.8 Å². The Morgan fingerprint density at radius 1 is 1.41 bits per heavy atom. The Morgan fingerprint density at radius 3 is 3.18 bits per heavy atom. The summed E-state index contributed by atoms with van der Waals surface area (Å²) in [5, 5.41) is 15.2. The average molecular weight is 323 g/mol. The Kier molecular flexibility index (Phi) is 5.23.